The zero-order valence-corrected chi connectivity index (χ0v) is 11.2. The summed E-state index contributed by atoms with van der Waals surface area (Å²) in [5.41, 5.74) is 2.05. The molecule has 2 rings (SSSR count). The average molecular weight is 269 g/mol. The van der Waals surface area contributed by atoms with Crippen LogP contribution in [0.4, 0.5) is 0 Å². The largest absolute Gasteiger partial charge is 0.459 e. The van der Waals surface area contributed by atoms with E-state index >= 15 is 0 Å². The predicted molar refractivity (Wildman–Crippen MR) is 73.0 cm³/mol. The molecule has 1 aromatic carbocycles. The minimum atomic E-state index is 0.556. The molecule has 0 aliphatic heterocycles. The van der Waals surface area contributed by atoms with Gasteiger partial charge in [-0.25, -0.2) is 0 Å². The highest BCUT2D eigenvalue weighted by atomic mass is 35.5. The van der Waals surface area contributed by atoms with Crippen LogP contribution in [0.5, 0.6) is 0 Å². The lowest BCUT2D eigenvalue weighted by atomic mass is 10.1. The molecular weight excluding hydrogens is 255 g/mol. The van der Waals surface area contributed by atoms with Crippen molar-refractivity contribution < 1.29 is 4.42 Å². The Kier molecular flexibility index (Phi) is 4.14. The lowest BCUT2D eigenvalue weighted by molar-refractivity contribution is 0.524. The highest BCUT2D eigenvalue weighted by Gasteiger charge is 2.18. The summed E-state index contributed by atoms with van der Waals surface area (Å²) in [6.07, 6.45) is 1.58. The smallest absolute Gasteiger partial charge is 0.153 e. The molecule has 0 saturated carbocycles. The second-order valence-corrected chi connectivity index (χ2v) is 4.56. The number of furan rings is 1. The van der Waals surface area contributed by atoms with E-state index in [4.69, 9.17) is 27.6 Å². The molecular formula is C14H14Cl2O. The Morgan fingerprint density at radius 3 is 2.47 bits per heavy atom. The Morgan fingerprint density at radius 1 is 1.18 bits per heavy atom. The van der Waals surface area contributed by atoms with E-state index in [1.165, 1.54) is 0 Å². The first-order valence-electron chi connectivity index (χ1n) is 5.69. The zero-order valence-electron chi connectivity index (χ0n) is 9.67. The Morgan fingerprint density at radius 2 is 1.88 bits per heavy atom. The van der Waals surface area contributed by atoms with Crippen LogP contribution in [0.25, 0.3) is 11.3 Å². The number of hydrogen-bond acceptors (Lipinski definition) is 1. The molecule has 0 saturated heterocycles. The quantitative estimate of drug-likeness (QED) is 0.716. The van der Waals surface area contributed by atoms with Crippen molar-refractivity contribution in [2.24, 2.45) is 0 Å². The third kappa shape index (κ3) is 2.51. The molecule has 1 heterocycles. The van der Waals surface area contributed by atoms with Crippen LogP contribution in [0.2, 0.25) is 5.02 Å². The van der Waals surface area contributed by atoms with Crippen LogP contribution in [0.1, 0.15) is 18.2 Å². The summed E-state index contributed by atoms with van der Waals surface area (Å²) >= 11 is 12.2. The summed E-state index contributed by atoms with van der Waals surface area (Å²) in [6, 6.07) is 9.91. The van der Waals surface area contributed by atoms with Crippen LogP contribution < -0.4 is 0 Å². The van der Waals surface area contributed by atoms with Crippen molar-refractivity contribution >= 4 is 23.2 Å². The minimum Gasteiger partial charge on any atom is -0.459 e. The van der Waals surface area contributed by atoms with Crippen LogP contribution in [-0.2, 0) is 12.8 Å². The van der Waals surface area contributed by atoms with Crippen molar-refractivity contribution in [2.45, 2.75) is 19.8 Å². The van der Waals surface area contributed by atoms with Crippen LogP contribution in [0.3, 0.4) is 0 Å². The summed E-state index contributed by atoms with van der Waals surface area (Å²) in [5, 5.41) is 0.703. The predicted octanol–water partition coefficient (Wildman–Crippen LogP) is 4.94. The Bertz CT molecular complexity index is 488. The first-order chi connectivity index (χ1) is 8.27. The van der Waals surface area contributed by atoms with Crippen LogP contribution >= 0.6 is 23.2 Å². The summed E-state index contributed by atoms with van der Waals surface area (Å²) in [5.74, 6) is 2.25. The van der Waals surface area contributed by atoms with Gasteiger partial charge in [0.2, 0.25) is 0 Å². The van der Waals surface area contributed by atoms with Crippen LogP contribution in [0, 0.1) is 0 Å². The molecule has 1 nitrogen and oxygen atoms in total. The maximum Gasteiger partial charge on any atom is 0.153 e. The van der Waals surface area contributed by atoms with Gasteiger partial charge in [-0.3, -0.25) is 0 Å². The van der Waals surface area contributed by atoms with Crippen molar-refractivity contribution in [2.75, 3.05) is 5.88 Å². The van der Waals surface area contributed by atoms with Gasteiger partial charge in [0.15, 0.2) is 5.76 Å². The van der Waals surface area contributed by atoms with E-state index in [0.717, 1.165) is 35.5 Å². The molecule has 0 aliphatic carbocycles. The van der Waals surface area contributed by atoms with E-state index in [1.54, 1.807) is 0 Å². The van der Waals surface area contributed by atoms with Gasteiger partial charge in [0.05, 0.1) is 5.02 Å². The number of benzene rings is 1. The summed E-state index contributed by atoms with van der Waals surface area (Å²) in [7, 11) is 0. The molecule has 90 valence electrons. The van der Waals surface area contributed by atoms with Gasteiger partial charge < -0.3 is 4.42 Å². The van der Waals surface area contributed by atoms with Crippen molar-refractivity contribution in [3.8, 4) is 11.3 Å². The van der Waals surface area contributed by atoms with Gasteiger partial charge in [-0.15, -0.1) is 11.6 Å². The van der Waals surface area contributed by atoms with Gasteiger partial charge in [0.25, 0.3) is 0 Å². The number of rotatable bonds is 4. The third-order valence-corrected chi connectivity index (χ3v) is 3.32. The maximum absolute atomic E-state index is 6.37. The van der Waals surface area contributed by atoms with E-state index in [-0.39, 0.29) is 0 Å². The molecule has 0 aliphatic rings. The lowest BCUT2D eigenvalue weighted by Crippen LogP contribution is -1.89. The Hall–Kier alpha value is -0.920. The fourth-order valence-electron chi connectivity index (χ4n) is 1.89. The van der Waals surface area contributed by atoms with Gasteiger partial charge in [-0.05, 0) is 6.42 Å². The first-order valence-corrected chi connectivity index (χ1v) is 6.60. The minimum absolute atomic E-state index is 0.556. The normalized spacial score (nSPS) is 10.8. The summed E-state index contributed by atoms with van der Waals surface area (Å²) in [4.78, 5) is 0. The monoisotopic (exact) mass is 268 g/mol. The molecule has 0 atom stereocenters. The van der Waals surface area contributed by atoms with E-state index in [0.29, 0.717) is 10.9 Å². The number of aryl methyl sites for hydroxylation is 1. The van der Waals surface area contributed by atoms with Gasteiger partial charge >= 0.3 is 0 Å². The van der Waals surface area contributed by atoms with Crippen molar-refractivity contribution in [3.05, 3.63) is 46.7 Å². The van der Waals surface area contributed by atoms with E-state index < -0.39 is 0 Å². The van der Waals surface area contributed by atoms with Gasteiger partial charge in [-0.2, -0.15) is 0 Å². The van der Waals surface area contributed by atoms with Gasteiger partial charge in [0, 0.05) is 23.4 Å². The van der Waals surface area contributed by atoms with Crippen molar-refractivity contribution in [3.63, 3.8) is 0 Å². The van der Waals surface area contributed by atoms with Crippen LogP contribution in [0.15, 0.2) is 34.7 Å². The molecule has 0 fully saturated rings. The molecule has 0 spiro atoms. The van der Waals surface area contributed by atoms with E-state index in [9.17, 15) is 0 Å². The SMILES string of the molecule is CCc1oc(-c2ccccc2)c(Cl)c1CCCl. The summed E-state index contributed by atoms with van der Waals surface area (Å²) < 4.78 is 5.84. The molecule has 0 unspecified atom stereocenters. The molecule has 0 amide bonds. The standard InChI is InChI=1S/C14H14Cl2O/c1-2-12-11(8-9-15)13(16)14(17-12)10-6-4-3-5-7-10/h3-7H,2,8-9H2,1H3. The number of alkyl halides is 1. The fraction of sp³-hybridized carbons (Fsp3) is 0.286. The number of hydrogen-bond donors (Lipinski definition) is 0. The molecule has 3 heteroatoms. The molecule has 17 heavy (non-hydrogen) atoms. The highest BCUT2D eigenvalue weighted by Crippen LogP contribution is 2.36. The van der Waals surface area contributed by atoms with E-state index in [1.807, 2.05) is 30.3 Å². The molecule has 0 radical (unpaired) electrons. The topological polar surface area (TPSA) is 13.1 Å². The third-order valence-electron chi connectivity index (χ3n) is 2.73. The summed E-state index contributed by atoms with van der Waals surface area (Å²) in [6.45, 7) is 2.06. The highest BCUT2D eigenvalue weighted by molar-refractivity contribution is 6.34. The van der Waals surface area contributed by atoms with Crippen LogP contribution in [-0.4, -0.2) is 5.88 Å². The maximum atomic E-state index is 6.37. The second-order valence-electron chi connectivity index (χ2n) is 3.81. The number of halogens is 2. The fourth-order valence-corrected chi connectivity index (χ4v) is 2.43. The Labute approximate surface area is 111 Å². The molecule has 0 N–H and O–H groups in total. The van der Waals surface area contributed by atoms with Crippen molar-refractivity contribution in [1.82, 2.24) is 0 Å². The first kappa shape index (κ1) is 12.5. The second kappa shape index (κ2) is 5.61. The lowest BCUT2D eigenvalue weighted by Gasteiger charge is -1.97. The molecule has 1 aromatic heterocycles. The van der Waals surface area contributed by atoms with E-state index in [2.05, 4.69) is 6.92 Å². The van der Waals surface area contributed by atoms with Gasteiger partial charge in [-0.1, -0.05) is 48.9 Å². The molecule has 0 bridgehead atoms. The zero-order chi connectivity index (χ0) is 12.3. The average Bonchev–Trinajstić information content (AvgIpc) is 2.69. The Balaban J connectivity index is 2.49. The molecule has 2 aromatic rings. The van der Waals surface area contributed by atoms with Gasteiger partial charge in [0.1, 0.15) is 5.76 Å². The van der Waals surface area contributed by atoms with Crippen molar-refractivity contribution in [1.29, 1.82) is 0 Å².